The summed E-state index contributed by atoms with van der Waals surface area (Å²) in [5.41, 5.74) is 1.26. The molecule has 0 spiro atoms. The van der Waals surface area contributed by atoms with Crippen LogP contribution in [-0.2, 0) is 10.0 Å². The zero-order chi connectivity index (χ0) is 12.3. The Balaban J connectivity index is 2.09. The van der Waals surface area contributed by atoms with Crippen molar-refractivity contribution < 1.29 is 8.42 Å². The summed E-state index contributed by atoms with van der Waals surface area (Å²) in [6, 6.07) is 3.58. The Labute approximate surface area is 103 Å². The molecule has 2 aromatic heterocycles. The average molecular weight is 270 g/mol. The molecule has 0 fully saturated rings. The van der Waals surface area contributed by atoms with E-state index in [1.54, 1.807) is 24.5 Å². The molecule has 6 nitrogen and oxygen atoms in total. The summed E-state index contributed by atoms with van der Waals surface area (Å²) in [6.45, 7) is 0. The standard InChI is InChI=1S/C9H10N4O2S2/c10-17(14,15)6-5-16-8-2-1-7-9(13-8)12-4-3-11-7/h1-4H,5-6H2,(H2,10,14,15). The first kappa shape index (κ1) is 12.2. The van der Waals surface area contributed by atoms with Gasteiger partial charge in [-0.25, -0.2) is 23.5 Å². The van der Waals surface area contributed by atoms with E-state index in [9.17, 15) is 8.42 Å². The minimum Gasteiger partial charge on any atom is -0.251 e. The Morgan fingerprint density at radius 3 is 2.76 bits per heavy atom. The smallest absolute Gasteiger partial charge is 0.209 e. The fourth-order valence-corrected chi connectivity index (χ4v) is 2.97. The summed E-state index contributed by atoms with van der Waals surface area (Å²) in [7, 11) is -3.41. The Morgan fingerprint density at radius 2 is 2.00 bits per heavy atom. The van der Waals surface area contributed by atoms with Crippen LogP contribution in [0.25, 0.3) is 11.2 Å². The zero-order valence-corrected chi connectivity index (χ0v) is 10.4. The molecule has 90 valence electrons. The molecule has 2 rings (SSSR count). The van der Waals surface area contributed by atoms with Gasteiger partial charge in [0.25, 0.3) is 0 Å². The SMILES string of the molecule is NS(=O)(=O)CCSc1ccc2nccnc2n1. The molecule has 2 heterocycles. The molecule has 0 radical (unpaired) electrons. The summed E-state index contributed by atoms with van der Waals surface area (Å²) in [4.78, 5) is 12.4. The Morgan fingerprint density at radius 1 is 1.24 bits per heavy atom. The van der Waals surface area contributed by atoms with E-state index in [1.807, 2.05) is 0 Å². The molecule has 0 unspecified atom stereocenters. The van der Waals surface area contributed by atoms with Crippen molar-refractivity contribution in [2.45, 2.75) is 5.03 Å². The van der Waals surface area contributed by atoms with Crippen molar-refractivity contribution in [1.82, 2.24) is 15.0 Å². The van der Waals surface area contributed by atoms with Crippen LogP contribution in [-0.4, -0.2) is 34.9 Å². The maximum atomic E-state index is 10.8. The minimum atomic E-state index is -3.41. The van der Waals surface area contributed by atoms with Crippen LogP contribution in [0, 0.1) is 0 Å². The van der Waals surface area contributed by atoms with E-state index in [-0.39, 0.29) is 5.75 Å². The van der Waals surface area contributed by atoms with Crippen LogP contribution in [0.5, 0.6) is 0 Å². The molecule has 0 bridgehead atoms. The van der Waals surface area contributed by atoms with E-state index in [1.165, 1.54) is 11.8 Å². The van der Waals surface area contributed by atoms with Crippen LogP contribution in [0.15, 0.2) is 29.6 Å². The van der Waals surface area contributed by atoms with Crippen LogP contribution in [0.2, 0.25) is 0 Å². The molecule has 0 saturated heterocycles. The van der Waals surface area contributed by atoms with E-state index in [4.69, 9.17) is 5.14 Å². The number of rotatable bonds is 4. The van der Waals surface area contributed by atoms with Gasteiger partial charge in [-0.3, -0.25) is 4.98 Å². The minimum absolute atomic E-state index is 0.0716. The molecule has 0 amide bonds. The number of sulfonamides is 1. The lowest BCUT2D eigenvalue weighted by molar-refractivity contribution is 0.599. The number of thioether (sulfide) groups is 1. The van der Waals surface area contributed by atoms with Crippen molar-refractivity contribution in [3.05, 3.63) is 24.5 Å². The first-order valence-corrected chi connectivity index (χ1v) is 7.46. The van der Waals surface area contributed by atoms with Gasteiger partial charge in [-0.1, -0.05) is 0 Å². The first-order chi connectivity index (χ1) is 8.04. The topological polar surface area (TPSA) is 98.8 Å². The van der Waals surface area contributed by atoms with E-state index < -0.39 is 10.0 Å². The van der Waals surface area contributed by atoms with Gasteiger partial charge in [0.15, 0.2) is 5.65 Å². The number of aromatic nitrogens is 3. The second-order valence-corrected chi connectivity index (χ2v) is 6.11. The van der Waals surface area contributed by atoms with Crippen molar-refractivity contribution >= 4 is 32.9 Å². The van der Waals surface area contributed by atoms with Gasteiger partial charge in [-0.05, 0) is 12.1 Å². The summed E-state index contributed by atoms with van der Waals surface area (Å²) in [5, 5.41) is 5.62. The third-order valence-electron chi connectivity index (χ3n) is 1.92. The monoisotopic (exact) mass is 270 g/mol. The fraction of sp³-hybridized carbons (Fsp3) is 0.222. The molecule has 2 aromatic rings. The highest BCUT2D eigenvalue weighted by atomic mass is 32.2. The van der Waals surface area contributed by atoms with Crippen LogP contribution in [0.1, 0.15) is 0 Å². The summed E-state index contributed by atoms with van der Waals surface area (Å²) in [5.74, 6) is 0.301. The van der Waals surface area contributed by atoms with Crippen molar-refractivity contribution in [1.29, 1.82) is 0 Å². The number of hydrogen-bond acceptors (Lipinski definition) is 6. The van der Waals surface area contributed by atoms with Crippen LogP contribution in [0.4, 0.5) is 0 Å². The van der Waals surface area contributed by atoms with Crippen LogP contribution in [0.3, 0.4) is 0 Å². The molecular weight excluding hydrogens is 260 g/mol. The van der Waals surface area contributed by atoms with Gasteiger partial charge < -0.3 is 0 Å². The van der Waals surface area contributed by atoms with Gasteiger partial charge in [0, 0.05) is 18.1 Å². The predicted molar refractivity (Wildman–Crippen MR) is 66.0 cm³/mol. The molecule has 8 heteroatoms. The average Bonchev–Trinajstić information content (AvgIpc) is 2.27. The third-order valence-corrected chi connectivity index (χ3v) is 3.89. The highest BCUT2D eigenvalue weighted by molar-refractivity contribution is 8.00. The second-order valence-electron chi connectivity index (χ2n) is 3.26. The number of nitrogens with zero attached hydrogens (tertiary/aromatic N) is 3. The van der Waals surface area contributed by atoms with E-state index >= 15 is 0 Å². The predicted octanol–water partition coefficient (Wildman–Crippen LogP) is 0.405. The lowest BCUT2D eigenvalue weighted by atomic mass is 10.4. The lowest BCUT2D eigenvalue weighted by Crippen LogP contribution is -2.17. The van der Waals surface area contributed by atoms with E-state index in [0.29, 0.717) is 21.9 Å². The lowest BCUT2D eigenvalue weighted by Gasteiger charge is -2.01. The molecule has 0 aliphatic carbocycles. The van der Waals surface area contributed by atoms with Crippen molar-refractivity contribution in [3.63, 3.8) is 0 Å². The van der Waals surface area contributed by atoms with Gasteiger partial charge in [-0.2, -0.15) is 0 Å². The van der Waals surface area contributed by atoms with E-state index in [0.717, 1.165) is 0 Å². The van der Waals surface area contributed by atoms with Crippen LogP contribution < -0.4 is 5.14 Å². The first-order valence-electron chi connectivity index (χ1n) is 4.76. The molecule has 0 aliphatic heterocycles. The van der Waals surface area contributed by atoms with Crippen molar-refractivity contribution in [2.24, 2.45) is 5.14 Å². The molecule has 2 N–H and O–H groups in total. The number of pyridine rings is 1. The number of hydrogen-bond donors (Lipinski definition) is 1. The van der Waals surface area contributed by atoms with E-state index in [2.05, 4.69) is 15.0 Å². The molecule has 0 aliphatic rings. The summed E-state index contributed by atoms with van der Waals surface area (Å²) >= 11 is 1.32. The summed E-state index contributed by atoms with van der Waals surface area (Å²) in [6.07, 6.45) is 3.16. The molecule has 0 saturated carbocycles. The molecule has 0 aromatic carbocycles. The highest BCUT2D eigenvalue weighted by Crippen LogP contribution is 2.17. The summed E-state index contributed by atoms with van der Waals surface area (Å²) < 4.78 is 21.5. The van der Waals surface area contributed by atoms with Crippen molar-refractivity contribution in [3.8, 4) is 0 Å². The number of fused-ring (bicyclic) bond motifs is 1. The molecule has 17 heavy (non-hydrogen) atoms. The fourth-order valence-electron chi connectivity index (χ4n) is 1.18. The van der Waals surface area contributed by atoms with Gasteiger partial charge in [0.1, 0.15) is 5.52 Å². The third kappa shape index (κ3) is 3.62. The molecule has 0 atom stereocenters. The zero-order valence-electron chi connectivity index (χ0n) is 8.78. The van der Waals surface area contributed by atoms with Gasteiger partial charge in [-0.15, -0.1) is 11.8 Å². The van der Waals surface area contributed by atoms with Gasteiger partial charge >= 0.3 is 0 Å². The maximum absolute atomic E-state index is 10.8. The highest BCUT2D eigenvalue weighted by Gasteiger charge is 2.05. The maximum Gasteiger partial charge on any atom is 0.209 e. The Bertz CT molecular complexity index is 630. The van der Waals surface area contributed by atoms with Gasteiger partial charge in [0.05, 0.1) is 10.8 Å². The number of primary sulfonamides is 1. The normalized spacial score (nSPS) is 11.8. The second kappa shape index (κ2) is 4.94. The largest absolute Gasteiger partial charge is 0.251 e. The molecular formula is C9H10N4O2S2. The van der Waals surface area contributed by atoms with Gasteiger partial charge in [0.2, 0.25) is 10.0 Å². The Hall–Kier alpha value is -1.25. The number of nitrogens with two attached hydrogens (primary N) is 1. The quantitative estimate of drug-likeness (QED) is 0.808. The van der Waals surface area contributed by atoms with Crippen LogP contribution >= 0.6 is 11.8 Å². The Kier molecular flexibility index (Phi) is 3.55. The van der Waals surface area contributed by atoms with Crippen molar-refractivity contribution in [2.75, 3.05) is 11.5 Å².